The van der Waals surface area contributed by atoms with Gasteiger partial charge in [0.05, 0.1) is 18.4 Å². The standard InChI is InChI=1S/C35H35Cl2N3O5/c1-19(2)39-33-31(38-34(39)28-16-23(9-14-30(28)44-6)8-12-26(42)18-45-22(5)41)35(43)40(29-17-25(37)10-7-20(29)3)32(33)27-13-11-24(36)15-21(27)4/h7,9-11,13-17,19,32H,8,12,18H2,1-6H3. The number of hydrogen-bond acceptors (Lipinski definition) is 6. The van der Waals surface area contributed by atoms with E-state index in [2.05, 4.69) is 18.4 Å². The predicted octanol–water partition coefficient (Wildman–Crippen LogP) is 7.88. The molecule has 0 fully saturated rings. The number of hydrogen-bond donors (Lipinski definition) is 0. The highest BCUT2D eigenvalue weighted by Crippen LogP contribution is 2.47. The Labute approximate surface area is 272 Å². The molecule has 0 N–H and O–H groups in total. The minimum atomic E-state index is -0.501. The lowest BCUT2D eigenvalue weighted by atomic mass is 9.97. The summed E-state index contributed by atoms with van der Waals surface area (Å²) in [4.78, 5) is 44.6. The van der Waals surface area contributed by atoms with Crippen molar-refractivity contribution >= 4 is 46.5 Å². The van der Waals surface area contributed by atoms with Gasteiger partial charge in [0.2, 0.25) is 0 Å². The van der Waals surface area contributed by atoms with Crippen molar-refractivity contribution in [1.29, 1.82) is 0 Å². The Morgan fingerprint density at radius 1 is 0.978 bits per heavy atom. The smallest absolute Gasteiger partial charge is 0.303 e. The summed E-state index contributed by atoms with van der Waals surface area (Å²) in [6, 6.07) is 16.3. The van der Waals surface area contributed by atoms with E-state index in [1.165, 1.54) is 6.92 Å². The fourth-order valence-corrected chi connectivity index (χ4v) is 6.27. The van der Waals surface area contributed by atoms with Crippen molar-refractivity contribution in [2.24, 2.45) is 0 Å². The van der Waals surface area contributed by atoms with Gasteiger partial charge in [-0.2, -0.15) is 0 Å². The van der Waals surface area contributed by atoms with Crippen LogP contribution in [0.15, 0.2) is 54.6 Å². The Bertz CT molecular complexity index is 1810. The number of esters is 1. The second-order valence-electron chi connectivity index (χ2n) is 11.5. The van der Waals surface area contributed by atoms with Crippen LogP contribution in [0, 0.1) is 13.8 Å². The Morgan fingerprint density at radius 3 is 2.36 bits per heavy atom. The molecule has 1 aliphatic rings. The van der Waals surface area contributed by atoms with E-state index in [0.29, 0.717) is 45.0 Å². The maximum absolute atomic E-state index is 14.4. The first kappa shape index (κ1) is 32.3. The average Bonchev–Trinajstić information content (AvgIpc) is 3.51. The molecule has 0 bridgehead atoms. The molecule has 10 heteroatoms. The first-order valence-corrected chi connectivity index (χ1v) is 15.5. The van der Waals surface area contributed by atoms with Crippen LogP contribution in [0.4, 0.5) is 5.69 Å². The summed E-state index contributed by atoms with van der Waals surface area (Å²) in [6.45, 7) is 9.07. The van der Waals surface area contributed by atoms with Crippen molar-refractivity contribution in [3.8, 4) is 17.1 Å². The van der Waals surface area contributed by atoms with E-state index >= 15 is 0 Å². The largest absolute Gasteiger partial charge is 0.496 e. The molecular weight excluding hydrogens is 613 g/mol. The number of aryl methyl sites for hydroxylation is 3. The zero-order valence-electron chi connectivity index (χ0n) is 26.1. The van der Waals surface area contributed by atoms with Crippen LogP contribution >= 0.6 is 23.2 Å². The minimum absolute atomic E-state index is 0.0850. The number of anilines is 1. The third-order valence-electron chi connectivity index (χ3n) is 7.99. The Kier molecular flexibility index (Phi) is 9.37. The molecule has 1 unspecified atom stereocenters. The van der Waals surface area contributed by atoms with E-state index in [0.717, 1.165) is 27.9 Å². The van der Waals surface area contributed by atoms with Gasteiger partial charge in [-0.05, 0) is 92.8 Å². The van der Waals surface area contributed by atoms with Crippen LogP contribution in [0.3, 0.4) is 0 Å². The van der Waals surface area contributed by atoms with Gasteiger partial charge in [-0.25, -0.2) is 4.98 Å². The fourth-order valence-electron chi connectivity index (χ4n) is 5.88. The third-order valence-corrected chi connectivity index (χ3v) is 8.46. The first-order chi connectivity index (χ1) is 21.4. The number of halogens is 2. The Hall–Kier alpha value is -4.14. The Balaban J connectivity index is 1.67. The van der Waals surface area contributed by atoms with Gasteiger partial charge in [0.1, 0.15) is 24.2 Å². The number of imidazole rings is 1. The molecule has 5 rings (SSSR count). The molecule has 1 amide bonds. The van der Waals surface area contributed by atoms with Gasteiger partial charge < -0.3 is 14.0 Å². The molecule has 45 heavy (non-hydrogen) atoms. The van der Waals surface area contributed by atoms with Gasteiger partial charge in [0.25, 0.3) is 5.91 Å². The van der Waals surface area contributed by atoms with Gasteiger partial charge in [0.15, 0.2) is 11.5 Å². The van der Waals surface area contributed by atoms with Crippen molar-refractivity contribution in [3.05, 3.63) is 98.3 Å². The van der Waals surface area contributed by atoms with Gasteiger partial charge in [-0.3, -0.25) is 19.3 Å². The summed E-state index contributed by atoms with van der Waals surface area (Å²) < 4.78 is 12.7. The number of carbonyl (C=O) groups is 3. The molecule has 1 aromatic heterocycles. The summed E-state index contributed by atoms with van der Waals surface area (Å²) in [5.74, 6) is 0.279. The van der Waals surface area contributed by atoms with E-state index in [1.807, 2.05) is 68.4 Å². The van der Waals surface area contributed by atoms with Crippen LogP contribution < -0.4 is 9.64 Å². The van der Waals surface area contributed by atoms with Crippen LogP contribution in [0.5, 0.6) is 5.75 Å². The molecule has 234 valence electrons. The van der Waals surface area contributed by atoms with Gasteiger partial charge in [0, 0.05) is 35.1 Å². The molecular formula is C35H35Cl2N3O5. The zero-order chi connectivity index (χ0) is 32.6. The summed E-state index contributed by atoms with van der Waals surface area (Å²) in [5.41, 5.74) is 6.17. The number of ether oxygens (including phenoxy) is 2. The molecule has 2 heterocycles. The van der Waals surface area contributed by atoms with E-state index < -0.39 is 12.0 Å². The van der Waals surface area contributed by atoms with E-state index in [9.17, 15) is 14.4 Å². The quantitative estimate of drug-likeness (QED) is 0.163. The number of ketones is 1. The number of nitrogens with zero attached hydrogens (tertiary/aromatic N) is 3. The lowest BCUT2D eigenvalue weighted by Crippen LogP contribution is -2.31. The number of benzene rings is 3. The number of Topliss-reactive ketones (excluding diaryl/α,β-unsaturated/α-hetero) is 1. The van der Waals surface area contributed by atoms with Gasteiger partial charge in [-0.1, -0.05) is 41.4 Å². The van der Waals surface area contributed by atoms with Crippen molar-refractivity contribution < 1.29 is 23.9 Å². The molecule has 0 radical (unpaired) electrons. The molecule has 3 aromatic carbocycles. The highest BCUT2D eigenvalue weighted by atomic mass is 35.5. The van der Waals surface area contributed by atoms with E-state index in [1.54, 1.807) is 12.0 Å². The van der Waals surface area contributed by atoms with Crippen LogP contribution in [0.1, 0.15) is 77.7 Å². The molecule has 4 aromatic rings. The number of carbonyl (C=O) groups excluding carboxylic acids is 3. The number of aromatic nitrogens is 2. The second kappa shape index (κ2) is 13.1. The highest BCUT2D eigenvalue weighted by Gasteiger charge is 2.45. The molecule has 0 saturated carbocycles. The third kappa shape index (κ3) is 6.35. The fraction of sp³-hybridized carbons (Fsp3) is 0.314. The SMILES string of the molecule is COc1ccc(CCC(=O)COC(C)=O)cc1-c1nc2c(n1C(C)C)C(c1ccc(Cl)cc1C)N(c1cc(Cl)ccc1C)C2=O. The monoisotopic (exact) mass is 647 g/mol. The topological polar surface area (TPSA) is 90.7 Å². The molecule has 0 spiro atoms. The second-order valence-corrected chi connectivity index (χ2v) is 12.4. The van der Waals surface area contributed by atoms with Crippen molar-refractivity contribution in [2.75, 3.05) is 18.6 Å². The normalized spacial score (nSPS) is 14.2. The minimum Gasteiger partial charge on any atom is -0.496 e. The van der Waals surface area contributed by atoms with Crippen molar-refractivity contribution in [2.45, 2.75) is 59.5 Å². The predicted molar refractivity (Wildman–Crippen MR) is 176 cm³/mol. The van der Waals surface area contributed by atoms with Crippen LogP contribution in [-0.2, 0) is 20.7 Å². The molecule has 1 atom stereocenters. The van der Waals surface area contributed by atoms with Gasteiger partial charge in [-0.15, -0.1) is 0 Å². The average molecular weight is 649 g/mol. The maximum atomic E-state index is 14.4. The zero-order valence-corrected chi connectivity index (χ0v) is 27.6. The lowest BCUT2D eigenvalue weighted by molar-refractivity contribution is -0.145. The number of fused-ring (bicyclic) bond motifs is 1. The summed E-state index contributed by atoms with van der Waals surface area (Å²) in [7, 11) is 1.59. The van der Waals surface area contributed by atoms with E-state index in [-0.39, 0.29) is 30.8 Å². The number of rotatable bonds is 10. The highest BCUT2D eigenvalue weighted by molar-refractivity contribution is 6.31. The summed E-state index contributed by atoms with van der Waals surface area (Å²) >= 11 is 12.8. The molecule has 0 saturated heterocycles. The number of methoxy groups -OCH3 is 1. The molecule has 0 aliphatic carbocycles. The van der Waals surface area contributed by atoms with Crippen molar-refractivity contribution in [3.63, 3.8) is 0 Å². The summed E-state index contributed by atoms with van der Waals surface area (Å²) in [5, 5.41) is 1.14. The van der Waals surface area contributed by atoms with Gasteiger partial charge >= 0.3 is 5.97 Å². The summed E-state index contributed by atoms with van der Waals surface area (Å²) in [6.07, 6.45) is 0.644. The number of amides is 1. The first-order valence-electron chi connectivity index (χ1n) is 14.7. The van der Waals surface area contributed by atoms with Crippen LogP contribution in [0.25, 0.3) is 11.4 Å². The van der Waals surface area contributed by atoms with Crippen LogP contribution in [-0.4, -0.2) is 40.9 Å². The molecule has 8 nitrogen and oxygen atoms in total. The van der Waals surface area contributed by atoms with E-state index in [4.69, 9.17) is 37.7 Å². The lowest BCUT2D eigenvalue weighted by Gasteiger charge is -2.30. The van der Waals surface area contributed by atoms with Crippen molar-refractivity contribution in [1.82, 2.24) is 9.55 Å². The molecule has 1 aliphatic heterocycles. The Morgan fingerprint density at radius 2 is 1.69 bits per heavy atom. The van der Waals surface area contributed by atoms with Crippen LogP contribution in [0.2, 0.25) is 10.0 Å². The maximum Gasteiger partial charge on any atom is 0.303 e.